The first-order chi connectivity index (χ1) is 5.24. The molecule has 1 aliphatic rings. The highest BCUT2D eigenvalue weighted by Crippen LogP contribution is 2.34. The lowest BCUT2D eigenvalue weighted by Crippen LogP contribution is -2.29. The van der Waals surface area contributed by atoms with E-state index in [-0.39, 0.29) is 0 Å². The van der Waals surface area contributed by atoms with Crippen LogP contribution in [0.2, 0.25) is 13.1 Å². The molecular formula is C8H17BIN. The van der Waals surface area contributed by atoms with E-state index in [0.717, 1.165) is 9.84 Å². The molecule has 1 aliphatic carbocycles. The van der Waals surface area contributed by atoms with Crippen molar-refractivity contribution in [1.82, 2.24) is 5.23 Å². The maximum absolute atomic E-state index is 3.31. The zero-order chi connectivity index (χ0) is 8.27. The lowest BCUT2D eigenvalue weighted by Gasteiger charge is -2.16. The summed E-state index contributed by atoms with van der Waals surface area (Å²) in [6.45, 7) is 2.98. The third-order valence-electron chi connectivity index (χ3n) is 2.72. The number of alkyl halides is 1. The molecule has 0 saturated heterocycles. The Morgan fingerprint density at radius 3 is 2.73 bits per heavy atom. The molecule has 0 heterocycles. The van der Waals surface area contributed by atoms with Crippen LogP contribution in [0.3, 0.4) is 0 Å². The van der Waals surface area contributed by atoms with Crippen LogP contribution in [-0.2, 0) is 0 Å². The number of halogens is 1. The minimum absolute atomic E-state index is 0.704. The number of rotatable bonds is 3. The molecule has 0 radical (unpaired) electrons. The second-order valence-corrected chi connectivity index (χ2v) is 5.23. The van der Waals surface area contributed by atoms with Gasteiger partial charge in [-0.3, -0.25) is 0 Å². The van der Waals surface area contributed by atoms with Crippen molar-refractivity contribution in [3.8, 4) is 0 Å². The first kappa shape index (κ1) is 9.84. The van der Waals surface area contributed by atoms with Crippen LogP contribution in [0, 0.1) is 5.92 Å². The summed E-state index contributed by atoms with van der Waals surface area (Å²) in [7, 11) is 2.06. The number of nitrogens with one attached hydrogen (secondary N) is 1. The summed E-state index contributed by atoms with van der Waals surface area (Å²) in [6, 6.07) is 0. The van der Waals surface area contributed by atoms with Gasteiger partial charge in [-0.1, -0.05) is 48.6 Å². The van der Waals surface area contributed by atoms with Crippen molar-refractivity contribution in [1.29, 1.82) is 0 Å². The summed E-state index contributed by atoms with van der Waals surface area (Å²) in [5, 5.41) is 3.31. The Balaban J connectivity index is 2.24. The lowest BCUT2D eigenvalue weighted by molar-refractivity contribution is 0.627. The minimum atomic E-state index is 0.704. The van der Waals surface area contributed by atoms with Gasteiger partial charge in [0.05, 0.1) is 0 Å². The van der Waals surface area contributed by atoms with E-state index in [4.69, 9.17) is 0 Å². The van der Waals surface area contributed by atoms with Gasteiger partial charge in [0, 0.05) is 3.92 Å². The van der Waals surface area contributed by atoms with Gasteiger partial charge in [-0.25, -0.2) is 0 Å². The molecule has 1 unspecified atom stereocenters. The van der Waals surface area contributed by atoms with Crippen LogP contribution in [0.15, 0.2) is 0 Å². The molecule has 0 amide bonds. The van der Waals surface area contributed by atoms with Gasteiger partial charge < -0.3 is 5.23 Å². The fraction of sp³-hybridized carbons (Fsp3) is 1.00. The molecule has 0 spiro atoms. The second-order valence-electron chi connectivity index (χ2n) is 3.63. The van der Waals surface area contributed by atoms with Gasteiger partial charge in [-0.15, -0.1) is 0 Å². The van der Waals surface area contributed by atoms with E-state index in [2.05, 4.69) is 41.7 Å². The highest BCUT2D eigenvalue weighted by Gasteiger charge is 2.26. The summed E-state index contributed by atoms with van der Waals surface area (Å²) in [5.41, 5.74) is 0. The fourth-order valence-electron chi connectivity index (χ4n) is 1.83. The zero-order valence-corrected chi connectivity index (χ0v) is 9.60. The van der Waals surface area contributed by atoms with E-state index in [1.54, 1.807) is 0 Å². The van der Waals surface area contributed by atoms with Crippen molar-refractivity contribution in [3.05, 3.63) is 0 Å². The van der Waals surface area contributed by atoms with Crippen molar-refractivity contribution >= 4 is 29.4 Å². The molecule has 1 rings (SSSR count). The molecule has 0 aromatic rings. The van der Waals surface area contributed by atoms with Gasteiger partial charge in [-0.2, -0.15) is 0 Å². The van der Waals surface area contributed by atoms with Crippen molar-refractivity contribution in [2.45, 2.75) is 36.3 Å². The Morgan fingerprint density at radius 2 is 2.27 bits per heavy atom. The SMILES string of the molecule is CNB(C)C[C@@H]1CCCC1I. The predicted octanol–water partition coefficient (Wildman–Crippen LogP) is 2.43. The highest BCUT2D eigenvalue weighted by atomic mass is 127. The Bertz CT molecular complexity index is 121. The smallest absolute Gasteiger partial charge is 0.217 e. The third kappa shape index (κ3) is 2.94. The summed E-state index contributed by atoms with van der Waals surface area (Å²) in [4.78, 5) is 0. The normalized spacial score (nSPS) is 30.8. The van der Waals surface area contributed by atoms with E-state index >= 15 is 0 Å². The molecule has 1 nitrogen and oxygen atoms in total. The van der Waals surface area contributed by atoms with Gasteiger partial charge in [0.25, 0.3) is 0 Å². The number of hydrogen-bond donors (Lipinski definition) is 1. The maximum atomic E-state index is 3.31. The minimum Gasteiger partial charge on any atom is -0.359 e. The van der Waals surface area contributed by atoms with Crippen LogP contribution in [-0.4, -0.2) is 17.8 Å². The monoisotopic (exact) mass is 265 g/mol. The largest absolute Gasteiger partial charge is 0.359 e. The average molecular weight is 265 g/mol. The summed E-state index contributed by atoms with van der Waals surface area (Å²) in [5.74, 6) is 0.984. The highest BCUT2D eigenvalue weighted by molar-refractivity contribution is 14.1. The second kappa shape index (κ2) is 4.70. The molecule has 11 heavy (non-hydrogen) atoms. The molecule has 0 bridgehead atoms. The van der Waals surface area contributed by atoms with E-state index in [9.17, 15) is 0 Å². The van der Waals surface area contributed by atoms with Crippen molar-refractivity contribution in [2.24, 2.45) is 5.92 Å². The van der Waals surface area contributed by atoms with Gasteiger partial charge in [0.1, 0.15) is 0 Å². The summed E-state index contributed by atoms with van der Waals surface area (Å²) >= 11 is 2.62. The molecule has 0 aromatic heterocycles. The van der Waals surface area contributed by atoms with Crippen molar-refractivity contribution in [2.75, 3.05) is 7.05 Å². The lowest BCUT2D eigenvalue weighted by atomic mass is 9.58. The van der Waals surface area contributed by atoms with E-state index < -0.39 is 0 Å². The van der Waals surface area contributed by atoms with Crippen LogP contribution in [0.5, 0.6) is 0 Å². The molecule has 3 heteroatoms. The van der Waals surface area contributed by atoms with Crippen LogP contribution < -0.4 is 5.23 Å². The van der Waals surface area contributed by atoms with Crippen molar-refractivity contribution in [3.63, 3.8) is 0 Å². The third-order valence-corrected chi connectivity index (χ3v) is 4.36. The average Bonchev–Trinajstić information content (AvgIpc) is 2.37. The van der Waals surface area contributed by atoms with E-state index in [1.807, 2.05) is 0 Å². The standard InChI is InChI=1S/C8H17BIN/c1-9(11-2)6-7-4-3-5-8(7)10/h7-8,11H,3-6H2,1-2H3/t7-,8?/m0/s1. The quantitative estimate of drug-likeness (QED) is 0.469. The van der Waals surface area contributed by atoms with Crippen LogP contribution in [0.25, 0.3) is 0 Å². The van der Waals surface area contributed by atoms with Crippen LogP contribution >= 0.6 is 22.6 Å². The zero-order valence-electron chi connectivity index (χ0n) is 7.44. The van der Waals surface area contributed by atoms with Crippen LogP contribution in [0.1, 0.15) is 19.3 Å². The Morgan fingerprint density at radius 1 is 1.55 bits per heavy atom. The first-order valence-electron chi connectivity index (χ1n) is 4.55. The number of hydrogen-bond acceptors (Lipinski definition) is 1. The van der Waals surface area contributed by atoms with Gasteiger partial charge in [-0.05, 0) is 19.4 Å². The van der Waals surface area contributed by atoms with Gasteiger partial charge in [0.15, 0.2) is 0 Å². The van der Waals surface area contributed by atoms with Gasteiger partial charge in [0.2, 0.25) is 6.85 Å². The first-order valence-corrected chi connectivity index (χ1v) is 5.80. The molecule has 0 aliphatic heterocycles. The van der Waals surface area contributed by atoms with E-state index in [1.165, 1.54) is 25.6 Å². The Labute approximate surface area is 83.9 Å². The molecule has 2 atom stereocenters. The molecule has 1 saturated carbocycles. The maximum Gasteiger partial charge on any atom is 0.217 e. The van der Waals surface area contributed by atoms with Crippen molar-refractivity contribution < 1.29 is 0 Å². The molecular weight excluding hydrogens is 248 g/mol. The fourth-order valence-corrected chi connectivity index (χ4v) is 2.92. The van der Waals surface area contributed by atoms with E-state index in [0.29, 0.717) is 6.85 Å². The summed E-state index contributed by atoms with van der Waals surface area (Å²) < 4.78 is 0.948. The van der Waals surface area contributed by atoms with Gasteiger partial charge >= 0.3 is 0 Å². The molecule has 1 N–H and O–H groups in total. The van der Waals surface area contributed by atoms with Crippen LogP contribution in [0.4, 0.5) is 0 Å². The Hall–Kier alpha value is 0.755. The molecule has 0 aromatic carbocycles. The predicted molar refractivity (Wildman–Crippen MR) is 60.6 cm³/mol. The molecule has 64 valence electrons. The topological polar surface area (TPSA) is 12.0 Å². The molecule has 1 fully saturated rings. The summed E-state index contributed by atoms with van der Waals surface area (Å²) in [6.07, 6.45) is 5.72. The Kier molecular flexibility index (Phi) is 4.21.